The predicted molar refractivity (Wildman–Crippen MR) is 90.1 cm³/mol. The second-order valence-electron chi connectivity index (χ2n) is 4.85. The first-order chi connectivity index (χ1) is 12.2. The summed E-state index contributed by atoms with van der Waals surface area (Å²) in [4.78, 5) is 15.4. The average molecular weight is 410 g/mol. The third-order valence-electron chi connectivity index (χ3n) is 2.93. The van der Waals surface area contributed by atoms with Gasteiger partial charge in [-0.1, -0.05) is 11.6 Å². The maximum atomic E-state index is 13.8. The molecule has 0 spiro atoms. The SMILES string of the molecule is CCOC(=O)Cc1csc(NN=Cc2cc(C(F)(F)F)cc(Cl)c2F)n1. The van der Waals surface area contributed by atoms with Gasteiger partial charge in [0.25, 0.3) is 0 Å². The van der Waals surface area contributed by atoms with Crippen LogP contribution < -0.4 is 5.43 Å². The lowest BCUT2D eigenvalue weighted by Crippen LogP contribution is -2.07. The number of nitrogens with zero attached hydrogens (tertiary/aromatic N) is 2. The van der Waals surface area contributed by atoms with Crippen LogP contribution >= 0.6 is 22.9 Å². The van der Waals surface area contributed by atoms with Crippen molar-refractivity contribution in [3.8, 4) is 0 Å². The molecule has 0 saturated carbocycles. The van der Waals surface area contributed by atoms with E-state index in [1.165, 1.54) is 0 Å². The number of halogens is 5. The summed E-state index contributed by atoms with van der Waals surface area (Å²) in [6, 6.07) is 1.10. The fourth-order valence-corrected chi connectivity index (χ4v) is 2.71. The number of hydrazone groups is 1. The Hall–Kier alpha value is -2.20. The van der Waals surface area contributed by atoms with Crippen LogP contribution in [-0.4, -0.2) is 23.8 Å². The van der Waals surface area contributed by atoms with Crippen LogP contribution in [-0.2, 0) is 22.1 Å². The molecule has 0 aliphatic carbocycles. The van der Waals surface area contributed by atoms with Gasteiger partial charge in [0.1, 0.15) is 0 Å². The van der Waals surface area contributed by atoms with Gasteiger partial charge in [0.05, 0.1) is 35.5 Å². The molecule has 0 amide bonds. The highest BCUT2D eigenvalue weighted by Gasteiger charge is 2.32. The molecule has 0 aliphatic rings. The standard InChI is InChI=1S/C15H12ClF4N3O2S/c1-2-25-12(24)5-10-7-26-14(22-10)23-21-6-8-3-9(15(18,19)20)4-11(16)13(8)17/h3-4,6-7H,2,5H2,1H3,(H,22,23). The summed E-state index contributed by atoms with van der Waals surface area (Å²) in [5.74, 6) is -1.46. The molecule has 26 heavy (non-hydrogen) atoms. The second kappa shape index (κ2) is 8.45. The van der Waals surface area contributed by atoms with Gasteiger partial charge < -0.3 is 4.74 Å². The fraction of sp³-hybridized carbons (Fsp3) is 0.267. The molecule has 0 fully saturated rings. The Morgan fingerprint density at radius 1 is 1.46 bits per heavy atom. The van der Waals surface area contributed by atoms with Crippen molar-refractivity contribution in [1.82, 2.24) is 4.98 Å². The first kappa shape index (κ1) is 20.1. The molecule has 0 unspecified atom stereocenters. The van der Waals surface area contributed by atoms with Gasteiger partial charge >= 0.3 is 12.1 Å². The van der Waals surface area contributed by atoms with Crippen LogP contribution in [0.3, 0.4) is 0 Å². The van der Waals surface area contributed by atoms with Crippen LogP contribution in [0.15, 0.2) is 22.6 Å². The number of hydrogen-bond acceptors (Lipinski definition) is 6. The molecule has 1 aromatic heterocycles. The van der Waals surface area contributed by atoms with Crippen molar-refractivity contribution in [1.29, 1.82) is 0 Å². The van der Waals surface area contributed by atoms with Gasteiger partial charge in [0.2, 0.25) is 5.13 Å². The van der Waals surface area contributed by atoms with Crippen LogP contribution in [0, 0.1) is 5.82 Å². The summed E-state index contributed by atoms with van der Waals surface area (Å²) in [6.07, 6.45) is -3.82. The van der Waals surface area contributed by atoms with Crippen molar-refractivity contribution in [2.24, 2.45) is 5.10 Å². The lowest BCUT2D eigenvalue weighted by atomic mass is 10.1. The second-order valence-corrected chi connectivity index (χ2v) is 6.12. The van der Waals surface area contributed by atoms with E-state index in [9.17, 15) is 22.4 Å². The Balaban J connectivity index is 2.08. The number of aromatic nitrogens is 1. The summed E-state index contributed by atoms with van der Waals surface area (Å²) in [6.45, 7) is 1.93. The molecule has 140 valence electrons. The van der Waals surface area contributed by atoms with Crippen molar-refractivity contribution < 1.29 is 27.1 Å². The van der Waals surface area contributed by atoms with Crippen LogP contribution in [0.1, 0.15) is 23.7 Å². The number of hydrogen-bond donors (Lipinski definition) is 1. The number of anilines is 1. The predicted octanol–water partition coefficient (Wildman–Crippen LogP) is 4.51. The Bertz CT molecular complexity index is 824. The average Bonchev–Trinajstić information content (AvgIpc) is 2.97. The number of thiazole rings is 1. The van der Waals surface area contributed by atoms with Crippen molar-refractivity contribution in [3.63, 3.8) is 0 Å². The van der Waals surface area contributed by atoms with Crippen LogP contribution in [0.2, 0.25) is 5.02 Å². The third-order valence-corrected chi connectivity index (χ3v) is 4.00. The number of carbonyl (C=O) groups excluding carboxylic acids is 1. The minimum absolute atomic E-state index is 0.0202. The molecule has 2 rings (SSSR count). The highest BCUT2D eigenvalue weighted by Crippen LogP contribution is 2.33. The molecule has 1 heterocycles. The lowest BCUT2D eigenvalue weighted by molar-refractivity contribution is -0.142. The summed E-state index contributed by atoms with van der Waals surface area (Å²) in [5, 5.41) is 4.87. The zero-order chi connectivity index (χ0) is 19.3. The summed E-state index contributed by atoms with van der Waals surface area (Å²) in [7, 11) is 0. The molecule has 1 N–H and O–H groups in total. The number of alkyl halides is 3. The van der Waals surface area contributed by atoms with Crippen molar-refractivity contribution in [3.05, 3.63) is 45.2 Å². The molecule has 1 aromatic carbocycles. The van der Waals surface area contributed by atoms with Gasteiger partial charge in [-0.3, -0.25) is 10.2 Å². The minimum atomic E-state index is -4.66. The van der Waals surface area contributed by atoms with Gasteiger partial charge in [0, 0.05) is 10.9 Å². The molecule has 0 saturated heterocycles. The smallest absolute Gasteiger partial charge is 0.416 e. The maximum Gasteiger partial charge on any atom is 0.416 e. The molecule has 0 bridgehead atoms. The normalized spacial score (nSPS) is 11.8. The van der Waals surface area contributed by atoms with E-state index < -0.39 is 34.1 Å². The van der Waals surface area contributed by atoms with E-state index in [-0.39, 0.29) is 18.2 Å². The van der Waals surface area contributed by atoms with E-state index in [1.54, 1.807) is 12.3 Å². The number of nitrogens with one attached hydrogen (secondary N) is 1. The molecule has 0 aliphatic heterocycles. The molecular weight excluding hydrogens is 398 g/mol. The minimum Gasteiger partial charge on any atom is -0.466 e. The Morgan fingerprint density at radius 3 is 2.85 bits per heavy atom. The summed E-state index contributed by atoms with van der Waals surface area (Å²) < 4.78 is 56.8. The molecule has 11 heteroatoms. The van der Waals surface area contributed by atoms with Crippen LogP contribution in [0.25, 0.3) is 0 Å². The maximum absolute atomic E-state index is 13.8. The first-order valence-electron chi connectivity index (χ1n) is 7.16. The largest absolute Gasteiger partial charge is 0.466 e. The molecular formula is C15H12ClF4N3O2S. The van der Waals surface area contributed by atoms with Crippen LogP contribution in [0.5, 0.6) is 0 Å². The highest BCUT2D eigenvalue weighted by atomic mass is 35.5. The Kier molecular flexibility index (Phi) is 6.54. The van der Waals surface area contributed by atoms with E-state index in [0.717, 1.165) is 17.6 Å². The van der Waals surface area contributed by atoms with Crippen LogP contribution in [0.4, 0.5) is 22.7 Å². The van der Waals surface area contributed by atoms with E-state index >= 15 is 0 Å². The van der Waals surface area contributed by atoms with Gasteiger partial charge in [-0.2, -0.15) is 18.3 Å². The Morgan fingerprint density at radius 2 is 2.19 bits per heavy atom. The van der Waals surface area contributed by atoms with E-state index in [4.69, 9.17) is 16.3 Å². The highest BCUT2D eigenvalue weighted by molar-refractivity contribution is 7.13. The number of esters is 1. The van der Waals surface area contributed by atoms with Crippen molar-refractivity contribution in [2.45, 2.75) is 19.5 Å². The zero-order valence-electron chi connectivity index (χ0n) is 13.2. The van der Waals surface area contributed by atoms with E-state index in [1.807, 2.05) is 0 Å². The monoisotopic (exact) mass is 409 g/mol. The van der Waals surface area contributed by atoms with Gasteiger partial charge in [-0.15, -0.1) is 11.3 Å². The number of rotatable bonds is 6. The van der Waals surface area contributed by atoms with Gasteiger partial charge in [-0.05, 0) is 19.1 Å². The van der Waals surface area contributed by atoms with E-state index in [2.05, 4.69) is 15.5 Å². The lowest BCUT2D eigenvalue weighted by Gasteiger charge is -2.09. The number of benzene rings is 1. The van der Waals surface area contributed by atoms with Gasteiger partial charge in [0.15, 0.2) is 5.82 Å². The molecule has 2 aromatic rings. The quantitative estimate of drug-likeness (QED) is 0.330. The summed E-state index contributed by atoms with van der Waals surface area (Å²) >= 11 is 6.60. The summed E-state index contributed by atoms with van der Waals surface area (Å²) in [5.41, 5.74) is 1.38. The third kappa shape index (κ3) is 5.40. The number of carbonyl (C=O) groups is 1. The zero-order valence-corrected chi connectivity index (χ0v) is 14.8. The Labute approximate surface area is 154 Å². The van der Waals surface area contributed by atoms with Gasteiger partial charge in [-0.25, -0.2) is 9.37 Å². The fourth-order valence-electron chi connectivity index (χ4n) is 1.82. The molecule has 0 radical (unpaired) electrons. The first-order valence-corrected chi connectivity index (χ1v) is 8.41. The topological polar surface area (TPSA) is 63.6 Å². The van der Waals surface area contributed by atoms with E-state index in [0.29, 0.717) is 17.8 Å². The van der Waals surface area contributed by atoms with Crippen molar-refractivity contribution in [2.75, 3.05) is 12.0 Å². The molecule has 5 nitrogen and oxygen atoms in total. The molecule has 0 atom stereocenters. The number of ether oxygens (including phenoxy) is 1. The van der Waals surface area contributed by atoms with Crippen molar-refractivity contribution >= 4 is 40.3 Å².